The van der Waals surface area contributed by atoms with Gasteiger partial charge in [0, 0.05) is 37.3 Å². The van der Waals surface area contributed by atoms with Gasteiger partial charge in [0.2, 0.25) is 15.9 Å². The lowest BCUT2D eigenvalue weighted by Crippen LogP contribution is -2.50. The molecule has 1 heterocycles. The van der Waals surface area contributed by atoms with E-state index in [4.69, 9.17) is 23.2 Å². The van der Waals surface area contributed by atoms with Crippen LogP contribution in [0.5, 0.6) is 0 Å². The molecule has 0 aromatic heterocycles. The number of carbonyl (C=O) groups excluding carboxylic acids is 1. The van der Waals surface area contributed by atoms with E-state index in [9.17, 15) is 23.3 Å². The molecule has 0 unspecified atom stereocenters. The molecule has 1 amide bonds. The van der Waals surface area contributed by atoms with Crippen LogP contribution in [0.2, 0.25) is 10.0 Å². The molecular weight excluding hydrogens is 455 g/mol. The van der Waals surface area contributed by atoms with Gasteiger partial charge in [0.25, 0.3) is 5.69 Å². The third kappa shape index (κ3) is 5.08. The topological polar surface area (TPSA) is 113 Å². The first-order valence-electron chi connectivity index (χ1n) is 8.89. The molecule has 0 atom stereocenters. The van der Waals surface area contributed by atoms with Crippen LogP contribution >= 0.6 is 23.2 Å². The lowest BCUT2D eigenvalue weighted by molar-refractivity contribution is -0.387. The van der Waals surface area contributed by atoms with E-state index in [1.165, 1.54) is 28.6 Å². The van der Waals surface area contributed by atoms with E-state index in [0.717, 1.165) is 6.07 Å². The maximum atomic E-state index is 12.8. The number of para-hydroxylation sites is 1. The number of nitrogens with zero attached hydrogens (tertiary/aromatic N) is 3. The zero-order valence-electron chi connectivity index (χ0n) is 15.6. The van der Waals surface area contributed by atoms with Crippen LogP contribution < -0.4 is 5.32 Å². The fourth-order valence-corrected chi connectivity index (χ4v) is 5.11. The second-order valence-electron chi connectivity index (χ2n) is 6.58. The Bertz CT molecular complexity index is 1070. The first kappa shape index (κ1) is 22.4. The largest absolute Gasteiger partial charge is 0.324 e. The van der Waals surface area contributed by atoms with E-state index in [-0.39, 0.29) is 30.4 Å². The number of halogens is 2. The number of rotatable bonds is 6. The number of piperazine rings is 1. The van der Waals surface area contributed by atoms with Crippen LogP contribution in [0.15, 0.2) is 47.4 Å². The summed E-state index contributed by atoms with van der Waals surface area (Å²) < 4.78 is 26.9. The molecule has 0 spiro atoms. The highest BCUT2D eigenvalue weighted by atomic mass is 35.5. The molecule has 12 heteroatoms. The average molecular weight is 473 g/mol. The van der Waals surface area contributed by atoms with Gasteiger partial charge in [0.15, 0.2) is 4.90 Å². The summed E-state index contributed by atoms with van der Waals surface area (Å²) in [5, 5.41) is 14.6. The highest BCUT2D eigenvalue weighted by Crippen LogP contribution is 2.27. The van der Waals surface area contributed by atoms with Crippen LogP contribution in [0.3, 0.4) is 0 Å². The highest BCUT2D eigenvalue weighted by molar-refractivity contribution is 7.89. The van der Waals surface area contributed by atoms with Gasteiger partial charge in [0.1, 0.15) is 0 Å². The summed E-state index contributed by atoms with van der Waals surface area (Å²) in [7, 11) is -4.01. The first-order valence-corrected chi connectivity index (χ1v) is 11.1. The van der Waals surface area contributed by atoms with Gasteiger partial charge < -0.3 is 5.32 Å². The first-order chi connectivity index (χ1) is 14.2. The predicted octanol–water partition coefficient (Wildman–Crippen LogP) is 2.85. The van der Waals surface area contributed by atoms with Crippen LogP contribution in [-0.2, 0) is 14.8 Å². The molecule has 0 bridgehead atoms. The number of nitro benzene ring substituents is 1. The van der Waals surface area contributed by atoms with Crippen molar-refractivity contribution in [2.45, 2.75) is 4.90 Å². The summed E-state index contributed by atoms with van der Waals surface area (Å²) in [5.74, 6) is -0.297. The van der Waals surface area contributed by atoms with Gasteiger partial charge in [-0.2, -0.15) is 4.31 Å². The van der Waals surface area contributed by atoms with Crippen LogP contribution in [0, 0.1) is 10.1 Å². The number of amides is 1. The van der Waals surface area contributed by atoms with Gasteiger partial charge in [-0.3, -0.25) is 19.8 Å². The van der Waals surface area contributed by atoms with Crippen LogP contribution in [0.4, 0.5) is 11.4 Å². The van der Waals surface area contributed by atoms with Crippen molar-refractivity contribution in [3.05, 3.63) is 62.6 Å². The summed E-state index contributed by atoms with van der Waals surface area (Å²) in [5.41, 5.74) is -0.0252. The summed E-state index contributed by atoms with van der Waals surface area (Å²) in [6.45, 7) is 0.897. The summed E-state index contributed by atoms with van der Waals surface area (Å²) in [4.78, 5) is 24.2. The van der Waals surface area contributed by atoms with Crippen molar-refractivity contribution in [2.24, 2.45) is 0 Å². The summed E-state index contributed by atoms with van der Waals surface area (Å²) in [6, 6.07) is 9.97. The molecule has 0 aliphatic carbocycles. The average Bonchev–Trinajstić information content (AvgIpc) is 2.70. The Morgan fingerprint density at radius 1 is 1.10 bits per heavy atom. The van der Waals surface area contributed by atoms with Crippen molar-refractivity contribution in [1.29, 1.82) is 0 Å². The number of nitro groups is 1. The standard InChI is InChI=1S/C18H18Cl2N4O5S/c19-13-5-6-15(14(20)11-13)21-18(25)12-22-7-9-23(10-8-22)30(28,29)17-4-2-1-3-16(17)24(26)27/h1-6,11H,7-10,12H2,(H,21,25). The van der Waals surface area contributed by atoms with E-state index >= 15 is 0 Å². The number of hydrogen-bond acceptors (Lipinski definition) is 6. The Hall–Kier alpha value is -2.24. The molecule has 1 aliphatic rings. The lowest BCUT2D eigenvalue weighted by Gasteiger charge is -2.33. The second kappa shape index (κ2) is 9.27. The van der Waals surface area contributed by atoms with Crippen LogP contribution in [0.1, 0.15) is 0 Å². The maximum Gasteiger partial charge on any atom is 0.289 e. The number of hydrogen-bond donors (Lipinski definition) is 1. The summed E-state index contributed by atoms with van der Waals surface area (Å²) in [6.07, 6.45) is 0. The van der Waals surface area contributed by atoms with Crippen molar-refractivity contribution in [1.82, 2.24) is 9.21 Å². The van der Waals surface area contributed by atoms with Gasteiger partial charge in [-0.05, 0) is 24.3 Å². The second-order valence-corrected chi connectivity index (χ2v) is 9.33. The number of carbonyl (C=O) groups is 1. The molecule has 2 aromatic carbocycles. The van der Waals surface area contributed by atoms with E-state index < -0.39 is 20.6 Å². The normalized spacial score (nSPS) is 15.7. The Balaban J connectivity index is 1.60. The molecule has 2 aromatic rings. The third-order valence-electron chi connectivity index (χ3n) is 4.58. The number of sulfonamides is 1. The Morgan fingerprint density at radius 3 is 2.40 bits per heavy atom. The fourth-order valence-electron chi connectivity index (χ4n) is 3.08. The van der Waals surface area contributed by atoms with Crippen molar-refractivity contribution in [3.63, 3.8) is 0 Å². The Labute approximate surface area is 183 Å². The number of anilines is 1. The van der Waals surface area contributed by atoms with Gasteiger partial charge >= 0.3 is 0 Å². The minimum Gasteiger partial charge on any atom is -0.324 e. The number of benzene rings is 2. The minimum atomic E-state index is -4.01. The molecule has 160 valence electrons. The van der Waals surface area contributed by atoms with Gasteiger partial charge in [0.05, 0.1) is 22.2 Å². The smallest absolute Gasteiger partial charge is 0.289 e. The molecule has 0 radical (unpaired) electrons. The van der Waals surface area contributed by atoms with Crippen LogP contribution in [0.25, 0.3) is 0 Å². The van der Waals surface area contributed by atoms with Gasteiger partial charge in [-0.15, -0.1) is 0 Å². The number of nitrogens with one attached hydrogen (secondary N) is 1. The Morgan fingerprint density at radius 2 is 1.77 bits per heavy atom. The molecule has 3 rings (SSSR count). The quantitative estimate of drug-likeness (QED) is 0.510. The monoisotopic (exact) mass is 472 g/mol. The fraction of sp³-hybridized carbons (Fsp3) is 0.278. The zero-order valence-corrected chi connectivity index (χ0v) is 18.0. The van der Waals surface area contributed by atoms with E-state index in [2.05, 4.69) is 5.32 Å². The molecule has 30 heavy (non-hydrogen) atoms. The zero-order chi connectivity index (χ0) is 21.9. The molecule has 0 saturated carbocycles. The maximum absolute atomic E-state index is 12.8. The van der Waals surface area contributed by atoms with Crippen molar-refractivity contribution < 1.29 is 18.1 Å². The summed E-state index contributed by atoms with van der Waals surface area (Å²) >= 11 is 11.9. The van der Waals surface area contributed by atoms with Gasteiger partial charge in [-0.25, -0.2) is 8.42 Å². The highest BCUT2D eigenvalue weighted by Gasteiger charge is 2.33. The van der Waals surface area contributed by atoms with E-state index in [1.54, 1.807) is 17.0 Å². The molecule has 9 nitrogen and oxygen atoms in total. The predicted molar refractivity (Wildman–Crippen MR) is 113 cm³/mol. The molecule has 1 aliphatic heterocycles. The van der Waals surface area contributed by atoms with E-state index in [1.807, 2.05) is 0 Å². The molecule has 1 saturated heterocycles. The minimum absolute atomic E-state index is 0.0539. The molecule has 1 N–H and O–H groups in total. The SMILES string of the molecule is O=C(CN1CCN(S(=O)(=O)c2ccccc2[N+](=O)[O-])CC1)Nc1ccc(Cl)cc1Cl. The van der Waals surface area contributed by atoms with Crippen molar-refractivity contribution >= 4 is 50.5 Å². The van der Waals surface area contributed by atoms with Crippen LogP contribution in [-0.4, -0.2) is 61.2 Å². The van der Waals surface area contributed by atoms with E-state index in [0.29, 0.717) is 28.8 Å². The van der Waals surface area contributed by atoms with Crippen molar-refractivity contribution in [2.75, 3.05) is 38.0 Å². The molecular formula is C18H18Cl2N4O5S. The lowest BCUT2D eigenvalue weighted by atomic mass is 10.3. The third-order valence-corrected chi connectivity index (χ3v) is 7.08. The Kier molecular flexibility index (Phi) is 6.94. The molecule has 1 fully saturated rings. The van der Waals surface area contributed by atoms with Crippen molar-refractivity contribution in [3.8, 4) is 0 Å². The van der Waals surface area contributed by atoms with Gasteiger partial charge in [-0.1, -0.05) is 35.3 Å².